The van der Waals surface area contributed by atoms with Gasteiger partial charge in [0.05, 0.1) is 5.69 Å². The predicted molar refractivity (Wildman–Crippen MR) is 89.4 cm³/mol. The molecule has 1 N–H and O–H groups in total. The van der Waals surface area contributed by atoms with Crippen LogP contribution in [0, 0.1) is 5.92 Å². The summed E-state index contributed by atoms with van der Waals surface area (Å²) in [5.74, 6) is 2.42. The van der Waals surface area contributed by atoms with Crippen molar-refractivity contribution in [2.45, 2.75) is 57.3 Å². The summed E-state index contributed by atoms with van der Waals surface area (Å²) in [5.41, 5.74) is 0.793. The molecule has 0 atom stereocenters. The molecule has 0 spiro atoms. The maximum absolute atomic E-state index is 12.3. The summed E-state index contributed by atoms with van der Waals surface area (Å²) in [7, 11) is 0. The molecule has 0 aliphatic heterocycles. The number of thiophene rings is 1. The molecule has 5 nitrogen and oxygen atoms in total. The second-order valence-corrected chi connectivity index (χ2v) is 7.57. The van der Waals surface area contributed by atoms with E-state index in [-0.39, 0.29) is 5.91 Å². The van der Waals surface area contributed by atoms with Crippen molar-refractivity contribution in [2.75, 3.05) is 5.32 Å². The van der Waals surface area contributed by atoms with Crippen molar-refractivity contribution in [2.24, 2.45) is 5.92 Å². The average molecular weight is 331 g/mol. The van der Waals surface area contributed by atoms with Crippen molar-refractivity contribution < 1.29 is 9.32 Å². The van der Waals surface area contributed by atoms with Gasteiger partial charge in [-0.1, -0.05) is 24.4 Å². The van der Waals surface area contributed by atoms with Gasteiger partial charge in [0.1, 0.15) is 4.88 Å². The molecule has 2 heterocycles. The van der Waals surface area contributed by atoms with Crippen LogP contribution in [-0.2, 0) is 4.79 Å². The highest BCUT2D eigenvalue weighted by Gasteiger charge is 2.29. The number of carbonyl (C=O) groups is 1. The molecule has 0 radical (unpaired) electrons. The fourth-order valence-electron chi connectivity index (χ4n) is 3.26. The Balaban J connectivity index is 1.42. The van der Waals surface area contributed by atoms with Gasteiger partial charge in [-0.2, -0.15) is 4.98 Å². The molecule has 0 saturated heterocycles. The molecule has 2 saturated carbocycles. The van der Waals surface area contributed by atoms with E-state index in [1.807, 2.05) is 11.4 Å². The number of carbonyl (C=O) groups excluding carboxylic acids is 1. The molecule has 4 rings (SSSR count). The zero-order valence-corrected chi connectivity index (χ0v) is 13.9. The van der Waals surface area contributed by atoms with Gasteiger partial charge in [-0.3, -0.25) is 4.79 Å². The molecule has 23 heavy (non-hydrogen) atoms. The Labute approximate surface area is 139 Å². The first-order valence-electron chi connectivity index (χ1n) is 8.51. The molecule has 1 amide bonds. The monoisotopic (exact) mass is 331 g/mol. The Morgan fingerprint density at radius 1 is 1.26 bits per heavy atom. The first-order valence-corrected chi connectivity index (χ1v) is 9.39. The van der Waals surface area contributed by atoms with Crippen LogP contribution in [0.5, 0.6) is 0 Å². The quantitative estimate of drug-likeness (QED) is 0.870. The second-order valence-electron chi connectivity index (χ2n) is 6.65. The number of aromatic nitrogens is 2. The van der Waals surface area contributed by atoms with Crippen molar-refractivity contribution in [1.29, 1.82) is 0 Å². The van der Waals surface area contributed by atoms with Crippen molar-refractivity contribution >= 4 is 22.9 Å². The van der Waals surface area contributed by atoms with E-state index in [4.69, 9.17) is 4.52 Å². The number of rotatable bonds is 5. The van der Waals surface area contributed by atoms with E-state index in [1.54, 1.807) is 0 Å². The summed E-state index contributed by atoms with van der Waals surface area (Å²) >= 11 is 1.53. The third-order valence-electron chi connectivity index (χ3n) is 4.72. The van der Waals surface area contributed by atoms with Gasteiger partial charge in [-0.05, 0) is 43.0 Å². The Morgan fingerprint density at radius 2 is 2.09 bits per heavy atom. The van der Waals surface area contributed by atoms with Crippen molar-refractivity contribution in [3.8, 4) is 10.8 Å². The van der Waals surface area contributed by atoms with Crippen LogP contribution in [0.1, 0.15) is 63.1 Å². The lowest BCUT2D eigenvalue weighted by Gasteiger charge is -2.20. The SMILES string of the molecule is O=C(CC1CCCCC1)Nc1ccsc1-c1nc(C2CC2)no1. The topological polar surface area (TPSA) is 68.0 Å². The van der Waals surface area contributed by atoms with Gasteiger partial charge in [-0.25, -0.2) is 0 Å². The summed E-state index contributed by atoms with van der Waals surface area (Å²) in [6.07, 6.45) is 9.10. The van der Waals surface area contributed by atoms with Crippen LogP contribution in [0.2, 0.25) is 0 Å². The third kappa shape index (κ3) is 3.47. The maximum Gasteiger partial charge on any atom is 0.270 e. The molecule has 0 bridgehead atoms. The van der Waals surface area contributed by atoms with Gasteiger partial charge in [0.15, 0.2) is 5.82 Å². The van der Waals surface area contributed by atoms with E-state index in [0.717, 1.165) is 29.2 Å². The van der Waals surface area contributed by atoms with Gasteiger partial charge in [-0.15, -0.1) is 11.3 Å². The van der Waals surface area contributed by atoms with Gasteiger partial charge >= 0.3 is 0 Å². The minimum Gasteiger partial charge on any atom is -0.333 e. The fraction of sp³-hybridized carbons (Fsp3) is 0.588. The van der Waals surface area contributed by atoms with Crippen LogP contribution in [-0.4, -0.2) is 16.0 Å². The summed E-state index contributed by atoms with van der Waals surface area (Å²) in [5, 5.41) is 9.04. The minimum absolute atomic E-state index is 0.0958. The zero-order valence-electron chi connectivity index (χ0n) is 13.1. The maximum atomic E-state index is 12.3. The Hall–Kier alpha value is -1.69. The average Bonchev–Trinajstić information content (AvgIpc) is 3.11. The number of anilines is 1. The zero-order chi connectivity index (χ0) is 15.6. The molecular formula is C17H21N3O2S. The molecule has 0 aromatic carbocycles. The molecule has 2 aliphatic rings. The van der Waals surface area contributed by atoms with Gasteiger partial charge < -0.3 is 9.84 Å². The third-order valence-corrected chi connectivity index (χ3v) is 5.62. The second kappa shape index (κ2) is 6.43. The molecule has 2 aromatic rings. The van der Waals surface area contributed by atoms with Gasteiger partial charge in [0.25, 0.3) is 5.89 Å². The van der Waals surface area contributed by atoms with Crippen LogP contribution < -0.4 is 5.32 Å². The van der Waals surface area contributed by atoms with Crippen LogP contribution >= 0.6 is 11.3 Å². The minimum atomic E-state index is 0.0958. The molecular weight excluding hydrogens is 310 g/mol. The normalized spacial score (nSPS) is 19.0. The summed E-state index contributed by atoms with van der Waals surface area (Å²) < 4.78 is 5.38. The van der Waals surface area contributed by atoms with E-state index in [0.29, 0.717) is 24.1 Å². The molecule has 2 fully saturated rings. The number of nitrogens with one attached hydrogen (secondary N) is 1. The largest absolute Gasteiger partial charge is 0.333 e. The lowest BCUT2D eigenvalue weighted by molar-refractivity contribution is -0.117. The number of nitrogens with zero attached hydrogens (tertiary/aromatic N) is 2. The number of hydrogen-bond donors (Lipinski definition) is 1. The first-order chi connectivity index (χ1) is 11.3. The van der Waals surface area contributed by atoms with E-state index in [1.165, 1.54) is 43.4 Å². The standard InChI is InChI=1S/C17H21N3O2S/c21-14(10-11-4-2-1-3-5-11)18-13-8-9-23-15(13)17-19-16(20-22-17)12-6-7-12/h8-9,11-12H,1-7,10H2,(H,18,21). The number of amides is 1. The Morgan fingerprint density at radius 3 is 2.87 bits per heavy atom. The molecule has 0 unspecified atom stereocenters. The van der Waals surface area contributed by atoms with Crippen LogP contribution in [0.15, 0.2) is 16.0 Å². The van der Waals surface area contributed by atoms with Crippen LogP contribution in [0.25, 0.3) is 10.8 Å². The van der Waals surface area contributed by atoms with Crippen LogP contribution in [0.3, 0.4) is 0 Å². The van der Waals surface area contributed by atoms with E-state index >= 15 is 0 Å². The Bertz CT molecular complexity index is 684. The predicted octanol–water partition coefficient (Wildman–Crippen LogP) is 4.58. The van der Waals surface area contributed by atoms with Crippen molar-refractivity contribution in [3.05, 3.63) is 17.3 Å². The summed E-state index contributed by atoms with van der Waals surface area (Å²) in [4.78, 5) is 17.7. The number of hydrogen-bond acceptors (Lipinski definition) is 5. The highest BCUT2D eigenvalue weighted by atomic mass is 32.1. The molecule has 2 aromatic heterocycles. The molecule has 2 aliphatic carbocycles. The first kappa shape index (κ1) is 14.9. The smallest absolute Gasteiger partial charge is 0.270 e. The summed E-state index contributed by atoms with van der Waals surface area (Å²) in [6.45, 7) is 0. The molecule has 122 valence electrons. The van der Waals surface area contributed by atoms with E-state index in [2.05, 4.69) is 15.5 Å². The van der Waals surface area contributed by atoms with Crippen LogP contribution in [0.4, 0.5) is 5.69 Å². The van der Waals surface area contributed by atoms with Gasteiger partial charge in [0, 0.05) is 12.3 Å². The van der Waals surface area contributed by atoms with Crippen molar-refractivity contribution in [3.63, 3.8) is 0 Å². The lowest BCUT2D eigenvalue weighted by Crippen LogP contribution is -2.18. The van der Waals surface area contributed by atoms with E-state index in [9.17, 15) is 4.79 Å². The van der Waals surface area contributed by atoms with Crippen molar-refractivity contribution in [1.82, 2.24) is 10.1 Å². The fourth-order valence-corrected chi connectivity index (χ4v) is 4.03. The summed E-state index contributed by atoms with van der Waals surface area (Å²) in [6, 6.07) is 1.92. The van der Waals surface area contributed by atoms with E-state index < -0.39 is 0 Å². The Kier molecular flexibility index (Phi) is 4.16. The highest BCUT2D eigenvalue weighted by Crippen LogP contribution is 2.40. The molecule has 6 heteroatoms. The lowest BCUT2D eigenvalue weighted by atomic mass is 9.87. The van der Waals surface area contributed by atoms with Gasteiger partial charge in [0.2, 0.25) is 5.91 Å². The highest BCUT2D eigenvalue weighted by molar-refractivity contribution is 7.14.